The summed E-state index contributed by atoms with van der Waals surface area (Å²) in [6.07, 6.45) is 1.67. The minimum Gasteiger partial charge on any atom is -0.337 e. The van der Waals surface area contributed by atoms with Gasteiger partial charge in [0.05, 0.1) is 11.0 Å². The van der Waals surface area contributed by atoms with Crippen LogP contribution in [-0.4, -0.2) is 62.1 Å². The van der Waals surface area contributed by atoms with Crippen LogP contribution in [0, 0.1) is 5.82 Å². The van der Waals surface area contributed by atoms with E-state index in [0.29, 0.717) is 36.6 Å². The van der Waals surface area contributed by atoms with Crippen LogP contribution in [0.4, 0.5) is 4.39 Å². The van der Waals surface area contributed by atoms with Crippen molar-refractivity contribution in [1.82, 2.24) is 30.0 Å². The molecule has 3 heterocycles. The van der Waals surface area contributed by atoms with E-state index in [-0.39, 0.29) is 11.7 Å². The zero-order valence-corrected chi connectivity index (χ0v) is 16.3. The SMILES string of the molecule is O=C(c1ccc2nc(-c3ccn[nH]3)[nH]c2c1)N1CCN(Cc2ccccc2F)CC1. The highest BCUT2D eigenvalue weighted by Gasteiger charge is 2.23. The zero-order chi connectivity index (χ0) is 20.5. The van der Waals surface area contributed by atoms with Gasteiger partial charge in [0.2, 0.25) is 0 Å². The predicted octanol–water partition coefficient (Wildman–Crippen LogP) is 3.05. The molecule has 1 saturated heterocycles. The number of imidazole rings is 1. The third kappa shape index (κ3) is 3.57. The lowest BCUT2D eigenvalue weighted by Crippen LogP contribution is -2.48. The predicted molar refractivity (Wildman–Crippen MR) is 111 cm³/mol. The molecule has 2 N–H and O–H groups in total. The van der Waals surface area contributed by atoms with E-state index in [1.807, 2.05) is 41.3 Å². The van der Waals surface area contributed by atoms with Crippen LogP contribution >= 0.6 is 0 Å². The smallest absolute Gasteiger partial charge is 0.254 e. The summed E-state index contributed by atoms with van der Waals surface area (Å²) < 4.78 is 13.9. The van der Waals surface area contributed by atoms with Crippen LogP contribution in [0.2, 0.25) is 0 Å². The molecule has 1 aliphatic rings. The number of piperazine rings is 1. The molecule has 5 rings (SSSR count). The van der Waals surface area contributed by atoms with Crippen molar-refractivity contribution >= 4 is 16.9 Å². The number of H-pyrrole nitrogens is 2. The molecule has 0 spiro atoms. The number of fused-ring (bicyclic) bond motifs is 1. The van der Waals surface area contributed by atoms with E-state index in [9.17, 15) is 9.18 Å². The first-order chi connectivity index (χ1) is 14.7. The number of amides is 1. The number of hydrogen-bond acceptors (Lipinski definition) is 4. The summed E-state index contributed by atoms with van der Waals surface area (Å²) in [6, 6.07) is 14.2. The largest absolute Gasteiger partial charge is 0.337 e. The van der Waals surface area contributed by atoms with Crippen molar-refractivity contribution in [2.75, 3.05) is 26.2 Å². The summed E-state index contributed by atoms with van der Waals surface area (Å²) in [4.78, 5) is 24.8. The molecule has 152 valence electrons. The van der Waals surface area contributed by atoms with Crippen molar-refractivity contribution in [2.45, 2.75) is 6.54 Å². The Balaban J connectivity index is 1.26. The molecule has 1 fully saturated rings. The van der Waals surface area contributed by atoms with Crippen molar-refractivity contribution in [1.29, 1.82) is 0 Å². The van der Waals surface area contributed by atoms with E-state index >= 15 is 0 Å². The van der Waals surface area contributed by atoms with Crippen LogP contribution in [0.1, 0.15) is 15.9 Å². The molecule has 0 radical (unpaired) electrons. The number of rotatable bonds is 4. The molecule has 0 saturated carbocycles. The average molecular weight is 404 g/mol. The van der Waals surface area contributed by atoms with E-state index in [4.69, 9.17) is 0 Å². The van der Waals surface area contributed by atoms with E-state index in [0.717, 1.165) is 29.8 Å². The highest BCUT2D eigenvalue weighted by atomic mass is 19.1. The van der Waals surface area contributed by atoms with E-state index in [2.05, 4.69) is 25.1 Å². The number of nitrogens with zero attached hydrogens (tertiary/aromatic N) is 4. The Hall–Kier alpha value is -3.52. The summed E-state index contributed by atoms with van der Waals surface area (Å²) in [7, 11) is 0. The molecule has 1 aliphatic heterocycles. The lowest BCUT2D eigenvalue weighted by molar-refractivity contribution is 0.0627. The summed E-state index contributed by atoms with van der Waals surface area (Å²) in [5.41, 5.74) is 3.72. The third-order valence-electron chi connectivity index (χ3n) is 5.50. The number of nitrogens with one attached hydrogen (secondary N) is 2. The van der Waals surface area contributed by atoms with Gasteiger partial charge in [-0.05, 0) is 30.3 Å². The molecule has 0 bridgehead atoms. The standard InChI is InChI=1S/C22H21FN6O/c23-17-4-2-1-3-16(17)14-28-9-11-29(12-10-28)22(30)15-5-6-18-20(13-15)26-21(25-18)19-7-8-24-27-19/h1-8,13H,9-12,14H2,(H,24,27)(H,25,26). The number of benzene rings is 2. The Morgan fingerprint density at radius 2 is 1.90 bits per heavy atom. The fourth-order valence-electron chi connectivity index (χ4n) is 3.82. The van der Waals surface area contributed by atoms with Gasteiger partial charge < -0.3 is 9.88 Å². The number of aromatic amines is 2. The van der Waals surface area contributed by atoms with Crippen LogP contribution < -0.4 is 0 Å². The Kier molecular flexibility index (Phi) is 4.76. The minimum atomic E-state index is -0.182. The fourth-order valence-corrected chi connectivity index (χ4v) is 3.82. The molecule has 8 heteroatoms. The van der Waals surface area contributed by atoms with Crippen LogP contribution in [0.15, 0.2) is 54.7 Å². The Morgan fingerprint density at radius 1 is 1.07 bits per heavy atom. The summed E-state index contributed by atoms with van der Waals surface area (Å²) in [6.45, 7) is 3.24. The first-order valence-corrected chi connectivity index (χ1v) is 9.92. The topological polar surface area (TPSA) is 80.9 Å². The van der Waals surface area contributed by atoms with Crippen LogP contribution in [0.3, 0.4) is 0 Å². The molecule has 0 unspecified atom stereocenters. The van der Waals surface area contributed by atoms with Crippen molar-refractivity contribution in [3.8, 4) is 11.5 Å². The van der Waals surface area contributed by atoms with Crippen molar-refractivity contribution in [3.05, 3.63) is 71.7 Å². The second-order valence-corrected chi connectivity index (χ2v) is 7.45. The summed E-state index contributed by atoms with van der Waals surface area (Å²) in [5.74, 6) is 0.507. The second kappa shape index (κ2) is 7.72. The monoisotopic (exact) mass is 404 g/mol. The maximum atomic E-state index is 13.9. The highest BCUT2D eigenvalue weighted by Crippen LogP contribution is 2.21. The highest BCUT2D eigenvalue weighted by molar-refractivity contribution is 5.97. The van der Waals surface area contributed by atoms with Gasteiger partial charge >= 0.3 is 0 Å². The van der Waals surface area contributed by atoms with Gasteiger partial charge in [0.1, 0.15) is 11.5 Å². The van der Waals surface area contributed by atoms with Gasteiger partial charge in [-0.25, -0.2) is 9.37 Å². The van der Waals surface area contributed by atoms with Gasteiger partial charge in [0.25, 0.3) is 5.91 Å². The normalized spacial score (nSPS) is 15.0. The average Bonchev–Trinajstić information content (AvgIpc) is 3.44. The zero-order valence-electron chi connectivity index (χ0n) is 16.3. The second-order valence-electron chi connectivity index (χ2n) is 7.45. The van der Waals surface area contributed by atoms with E-state index in [1.165, 1.54) is 6.07 Å². The maximum Gasteiger partial charge on any atom is 0.254 e. The Labute approximate surface area is 172 Å². The van der Waals surface area contributed by atoms with Crippen molar-refractivity contribution < 1.29 is 9.18 Å². The summed E-state index contributed by atoms with van der Waals surface area (Å²) >= 11 is 0. The quantitative estimate of drug-likeness (QED) is 0.548. The van der Waals surface area contributed by atoms with Crippen LogP contribution in [-0.2, 0) is 6.54 Å². The minimum absolute atomic E-state index is 0.000122. The number of carbonyl (C=O) groups excluding carboxylic acids is 1. The van der Waals surface area contributed by atoms with Crippen molar-refractivity contribution in [2.24, 2.45) is 0 Å². The lowest BCUT2D eigenvalue weighted by atomic mass is 10.1. The molecule has 2 aromatic carbocycles. The number of carbonyl (C=O) groups is 1. The fraction of sp³-hybridized carbons (Fsp3) is 0.227. The van der Waals surface area contributed by atoms with Gasteiger partial charge in [-0.15, -0.1) is 0 Å². The Bertz CT molecular complexity index is 1180. The van der Waals surface area contributed by atoms with Gasteiger partial charge in [0, 0.05) is 50.0 Å². The Morgan fingerprint density at radius 3 is 2.67 bits per heavy atom. The maximum absolute atomic E-state index is 13.9. The molecular weight excluding hydrogens is 383 g/mol. The van der Waals surface area contributed by atoms with E-state index < -0.39 is 0 Å². The first-order valence-electron chi connectivity index (χ1n) is 9.92. The molecule has 1 amide bonds. The molecule has 2 aromatic heterocycles. The number of aromatic nitrogens is 4. The van der Waals surface area contributed by atoms with Crippen LogP contribution in [0.5, 0.6) is 0 Å². The first kappa shape index (κ1) is 18.5. The third-order valence-corrected chi connectivity index (χ3v) is 5.50. The molecule has 4 aromatic rings. The van der Waals surface area contributed by atoms with Gasteiger partial charge in [0.15, 0.2) is 5.82 Å². The lowest BCUT2D eigenvalue weighted by Gasteiger charge is -2.34. The van der Waals surface area contributed by atoms with Gasteiger partial charge in [-0.2, -0.15) is 5.10 Å². The van der Waals surface area contributed by atoms with Crippen molar-refractivity contribution in [3.63, 3.8) is 0 Å². The molecule has 0 aliphatic carbocycles. The van der Waals surface area contributed by atoms with Gasteiger partial charge in [-0.1, -0.05) is 18.2 Å². The molecule has 7 nitrogen and oxygen atoms in total. The molecular formula is C22H21FN6O. The van der Waals surface area contributed by atoms with E-state index in [1.54, 1.807) is 12.3 Å². The molecule has 30 heavy (non-hydrogen) atoms. The summed E-state index contributed by atoms with van der Waals surface area (Å²) in [5, 5.41) is 6.82. The van der Waals surface area contributed by atoms with Gasteiger partial charge in [-0.3, -0.25) is 14.8 Å². The number of halogens is 1. The molecule has 0 atom stereocenters. The van der Waals surface area contributed by atoms with Crippen LogP contribution in [0.25, 0.3) is 22.6 Å². The number of hydrogen-bond donors (Lipinski definition) is 2.